The maximum atomic E-state index is 13.5. The highest BCUT2D eigenvalue weighted by Crippen LogP contribution is 2.36. The zero-order valence-corrected chi connectivity index (χ0v) is 25.8. The van der Waals surface area contributed by atoms with E-state index in [9.17, 15) is 54.4 Å². The summed E-state index contributed by atoms with van der Waals surface area (Å²) in [5.41, 5.74) is -4.56. The van der Waals surface area contributed by atoms with Crippen LogP contribution in [-0.4, -0.2) is 61.0 Å². The molecule has 3 aromatic rings. The van der Waals surface area contributed by atoms with Gasteiger partial charge in [0.2, 0.25) is 15.9 Å². The Hall–Kier alpha value is -4.96. The number of alkyl halides is 6. The molecule has 0 unspecified atom stereocenters. The second-order valence-corrected chi connectivity index (χ2v) is 11.9. The van der Waals surface area contributed by atoms with Crippen molar-refractivity contribution in [1.82, 2.24) is 14.7 Å². The van der Waals surface area contributed by atoms with Gasteiger partial charge in [0.05, 0.1) is 35.0 Å². The molecule has 20 heteroatoms. The third-order valence-electron chi connectivity index (χ3n) is 6.27. The van der Waals surface area contributed by atoms with Crippen molar-refractivity contribution in [1.29, 1.82) is 5.26 Å². The van der Waals surface area contributed by atoms with Crippen LogP contribution >= 0.6 is 11.6 Å². The summed E-state index contributed by atoms with van der Waals surface area (Å²) in [7, 11) is -4.04. The maximum absolute atomic E-state index is 13.5. The number of pyridine rings is 2. The average Bonchev–Trinajstić information content (AvgIpc) is 2.96. The fourth-order valence-corrected chi connectivity index (χ4v) is 5.40. The number of amides is 1. The topological polar surface area (TPSA) is 180 Å². The predicted molar refractivity (Wildman–Crippen MR) is 154 cm³/mol. The SMILES string of the molecule is CCOC(=O)c1cc(C#N)c(N2CC(C(=O)NS(=O)(=O)Cc3ccc(Cl)cc3)C2)nc1C(F)(F)F.O=C(O)c1cccnc1C(F)(F)F. The zero-order valence-electron chi connectivity index (χ0n) is 24.3. The Balaban J connectivity index is 0.000000402. The number of carboxylic acids is 1. The summed E-state index contributed by atoms with van der Waals surface area (Å²) < 4.78 is 108. The number of hydrogen-bond acceptors (Lipinski definition) is 10. The second-order valence-electron chi connectivity index (χ2n) is 9.74. The first-order valence-corrected chi connectivity index (χ1v) is 15.3. The molecule has 0 radical (unpaired) electrons. The summed E-state index contributed by atoms with van der Waals surface area (Å²) in [5, 5.41) is 18.2. The molecule has 0 atom stereocenters. The van der Waals surface area contributed by atoms with Crippen molar-refractivity contribution in [2.24, 2.45) is 5.92 Å². The smallest absolute Gasteiger partial charge is 0.434 e. The Morgan fingerprint density at radius 1 is 1.06 bits per heavy atom. The van der Waals surface area contributed by atoms with Crippen molar-refractivity contribution >= 4 is 45.3 Å². The van der Waals surface area contributed by atoms with E-state index in [4.69, 9.17) is 16.7 Å². The molecule has 3 heterocycles. The first kappa shape index (κ1) is 37.5. The molecule has 1 aliphatic heterocycles. The molecule has 1 aromatic carbocycles. The molecule has 2 N–H and O–H groups in total. The molecule has 0 spiro atoms. The van der Waals surface area contributed by atoms with Crippen molar-refractivity contribution in [3.63, 3.8) is 0 Å². The van der Waals surface area contributed by atoms with Crippen molar-refractivity contribution in [2.45, 2.75) is 25.0 Å². The molecule has 0 saturated carbocycles. The molecule has 1 amide bonds. The number of anilines is 1. The molecule has 0 aliphatic carbocycles. The van der Waals surface area contributed by atoms with Gasteiger partial charge >= 0.3 is 24.3 Å². The Bertz CT molecular complexity index is 1840. The number of carbonyl (C=O) groups is 3. The minimum absolute atomic E-state index is 0.177. The molecular weight excluding hydrogens is 700 g/mol. The summed E-state index contributed by atoms with van der Waals surface area (Å²) in [5.74, 6) is -5.48. The van der Waals surface area contributed by atoms with Crippen LogP contribution in [0.2, 0.25) is 5.02 Å². The molecule has 4 rings (SSSR count). The summed E-state index contributed by atoms with van der Waals surface area (Å²) in [6.07, 6.45) is -8.84. The summed E-state index contributed by atoms with van der Waals surface area (Å²) in [4.78, 5) is 42.4. The molecule has 12 nitrogen and oxygen atoms in total. The van der Waals surface area contributed by atoms with Gasteiger partial charge in [0.15, 0.2) is 11.4 Å². The van der Waals surface area contributed by atoms with Crippen LogP contribution in [0, 0.1) is 17.2 Å². The van der Waals surface area contributed by atoms with Gasteiger partial charge in [0.1, 0.15) is 11.9 Å². The minimum atomic E-state index is -5.01. The predicted octanol–water partition coefficient (Wildman–Crippen LogP) is 4.68. The number of hydrogen-bond donors (Lipinski definition) is 2. The molecule has 1 aliphatic rings. The van der Waals surface area contributed by atoms with Gasteiger partial charge < -0.3 is 14.7 Å². The largest absolute Gasteiger partial charge is 0.478 e. The Morgan fingerprint density at radius 3 is 2.17 bits per heavy atom. The van der Waals surface area contributed by atoms with Crippen LogP contribution in [0.3, 0.4) is 0 Å². The lowest BCUT2D eigenvalue weighted by atomic mass is 9.98. The average molecular weight is 722 g/mol. The van der Waals surface area contributed by atoms with E-state index in [-0.39, 0.29) is 31.1 Å². The first-order valence-electron chi connectivity index (χ1n) is 13.3. The van der Waals surface area contributed by atoms with Crippen molar-refractivity contribution in [2.75, 3.05) is 24.6 Å². The van der Waals surface area contributed by atoms with Crippen LogP contribution in [0.15, 0.2) is 48.7 Å². The highest BCUT2D eigenvalue weighted by molar-refractivity contribution is 7.89. The third kappa shape index (κ3) is 9.54. The van der Waals surface area contributed by atoms with Crippen molar-refractivity contribution in [3.05, 3.63) is 87.3 Å². The number of halogens is 7. The van der Waals surface area contributed by atoms with Gasteiger partial charge in [-0.25, -0.2) is 23.0 Å². The van der Waals surface area contributed by atoms with Gasteiger partial charge in [-0.1, -0.05) is 23.7 Å². The fourth-order valence-electron chi connectivity index (χ4n) is 4.10. The number of rotatable bonds is 8. The van der Waals surface area contributed by atoms with Gasteiger partial charge in [-0.2, -0.15) is 31.6 Å². The lowest BCUT2D eigenvalue weighted by Gasteiger charge is -2.39. The van der Waals surface area contributed by atoms with E-state index in [1.54, 1.807) is 6.07 Å². The van der Waals surface area contributed by atoms with Crippen LogP contribution in [0.25, 0.3) is 0 Å². The van der Waals surface area contributed by atoms with Gasteiger partial charge in [0, 0.05) is 24.3 Å². The molecule has 0 bridgehead atoms. The number of carboxylic acid groups (broad SMARTS) is 1. The summed E-state index contributed by atoms with van der Waals surface area (Å²) in [6.45, 7) is 0.878. The molecule has 48 heavy (non-hydrogen) atoms. The van der Waals surface area contributed by atoms with Gasteiger partial charge in [0.25, 0.3) is 0 Å². The normalized spacial score (nSPS) is 13.4. The van der Waals surface area contributed by atoms with Gasteiger partial charge in [-0.05, 0) is 42.8 Å². The second kappa shape index (κ2) is 14.9. The number of nitrogens with zero attached hydrogens (tertiary/aromatic N) is 4. The molecule has 1 saturated heterocycles. The van der Waals surface area contributed by atoms with Crippen LogP contribution < -0.4 is 9.62 Å². The Kier molecular flexibility index (Phi) is 11.6. The standard InChI is InChI=1S/C21H18ClF3N4O5S.C7H4F3NO2/c1-2-34-20(31)16-7-13(8-26)18(27-17(16)21(23,24)25)29-9-14(10-29)19(30)28-35(32,33)11-12-3-5-15(22)6-4-12;8-7(9,10)5-4(6(12)13)2-1-3-11-5/h3-7,14H,2,9-11H2,1H3,(H,28,30);1-3H,(H,12,13). The fraction of sp³-hybridized carbons (Fsp3) is 0.286. The molecule has 256 valence electrons. The molecule has 2 aromatic heterocycles. The molecular formula is C28H22ClF6N5O7S. The van der Waals surface area contributed by atoms with Crippen LogP contribution in [0.4, 0.5) is 32.2 Å². The first-order chi connectivity index (χ1) is 22.3. The van der Waals surface area contributed by atoms with Gasteiger partial charge in [-0.15, -0.1) is 0 Å². The number of nitriles is 1. The highest BCUT2D eigenvalue weighted by Gasteiger charge is 2.42. The third-order valence-corrected chi connectivity index (χ3v) is 7.75. The number of carbonyl (C=O) groups excluding carboxylic acids is 2. The summed E-state index contributed by atoms with van der Waals surface area (Å²) in [6, 6.07) is 10.4. The zero-order chi connectivity index (χ0) is 36.0. The number of sulfonamides is 1. The number of aromatic carboxylic acids is 1. The lowest BCUT2D eigenvalue weighted by molar-refractivity contribution is -0.142. The van der Waals surface area contributed by atoms with Crippen molar-refractivity contribution in [3.8, 4) is 6.07 Å². The van der Waals surface area contributed by atoms with Gasteiger partial charge in [-0.3, -0.25) is 14.5 Å². The number of aromatic nitrogens is 2. The number of ether oxygens (including phenoxy) is 1. The van der Waals surface area contributed by atoms with Crippen molar-refractivity contribution < 1.29 is 59.0 Å². The number of benzene rings is 1. The van der Waals surface area contributed by atoms with E-state index in [0.29, 0.717) is 10.6 Å². The quantitative estimate of drug-likeness (QED) is 0.244. The Morgan fingerprint density at radius 2 is 1.67 bits per heavy atom. The lowest BCUT2D eigenvalue weighted by Crippen LogP contribution is -2.55. The van der Waals surface area contributed by atoms with E-state index in [0.717, 1.165) is 24.4 Å². The summed E-state index contributed by atoms with van der Waals surface area (Å²) >= 11 is 5.76. The van der Waals surface area contributed by atoms with Crippen LogP contribution in [0.1, 0.15) is 50.2 Å². The number of esters is 1. The van der Waals surface area contributed by atoms with E-state index < -0.39 is 74.4 Å². The van der Waals surface area contributed by atoms with E-state index in [1.807, 2.05) is 4.72 Å². The molecule has 1 fully saturated rings. The maximum Gasteiger partial charge on any atom is 0.434 e. The minimum Gasteiger partial charge on any atom is -0.478 e. The van der Waals surface area contributed by atoms with E-state index >= 15 is 0 Å². The monoisotopic (exact) mass is 721 g/mol. The van der Waals surface area contributed by atoms with Crippen LogP contribution in [-0.2, 0) is 37.7 Å². The van der Waals surface area contributed by atoms with E-state index in [2.05, 4.69) is 14.7 Å². The van der Waals surface area contributed by atoms with Crippen LogP contribution in [0.5, 0.6) is 0 Å². The van der Waals surface area contributed by atoms with E-state index in [1.165, 1.54) is 36.1 Å². The Labute approximate surface area is 273 Å². The highest BCUT2D eigenvalue weighted by atomic mass is 35.5. The number of nitrogens with one attached hydrogen (secondary N) is 1.